The summed E-state index contributed by atoms with van der Waals surface area (Å²) in [6.45, 7) is 11.0. The number of hydrogen-bond acceptors (Lipinski definition) is 4. The molecule has 0 aromatic rings. The third kappa shape index (κ3) is 3.82. The van der Waals surface area contributed by atoms with Gasteiger partial charge in [0.1, 0.15) is 0 Å². The lowest BCUT2D eigenvalue weighted by Gasteiger charge is -2.27. The summed E-state index contributed by atoms with van der Waals surface area (Å²) in [5.41, 5.74) is 0.995. The Morgan fingerprint density at radius 3 is 2.44 bits per heavy atom. The van der Waals surface area contributed by atoms with Crippen LogP contribution in [-0.4, -0.2) is 32.1 Å². The second-order valence-corrected chi connectivity index (χ2v) is 5.13. The van der Waals surface area contributed by atoms with Crippen LogP contribution in [0.2, 0.25) is 0 Å². The molecule has 1 fully saturated rings. The minimum atomic E-state index is -0.510. The zero-order valence-electron chi connectivity index (χ0n) is 11.8. The molecule has 0 amide bonds. The lowest BCUT2D eigenvalue weighted by molar-refractivity contribution is -0.153. The van der Waals surface area contributed by atoms with Gasteiger partial charge < -0.3 is 14.2 Å². The van der Waals surface area contributed by atoms with Gasteiger partial charge in [-0.15, -0.1) is 0 Å². The van der Waals surface area contributed by atoms with Crippen molar-refractivity contribution in [1.82, 2.24) is 0 Å². The van der Waals surface area contributed by atoms with E-state index < -0.39 is 5.79 Å². The highest BCUT2D eigenvalue weighted by molar-refractivity contribution is 5.72. The lowest BCUT2D eigenvalue weighted by atomic mass is 9.83. The van der Waals surface area contributed by atoms with Crippen LogP contribution in [0.1, 0.15) is 33.6 Å². The van der Waals surface area contributed by atoms with Crippen molar-refractivity contribution in [3.8, 4) is 0 Å². The topological polar surface area (TPSA) is 44.8 Å². The molecular weight excluding hydrogens is 232 g/mol. The van der Waals surface area contributed by atoms with Crippen LogP contribution in [0.4, 0.5) is 0 Å². The summed E-state index contributed by atoms with van der Waals surface area (Å²) < 4.78 is 15.9. The summed E-state index contributed by atoms with van der Waals surface area (Å²) in [5.74, 6) is -0.787. The van der Waals surface area contributed by atoms with E-state index in [1.807, 2.05) is 20.8 Å². The molecule has 1 unspecified atom stereocenters. The maximum absolute atomic E-state index is 11.6. The fraction of sp³-hybridized carbons (Fsp3) is 0.786. The molecule has 0 saturated carbocycles. The van der Waals surface area contributed by atoms with Crippen LogP contribution in [0.3, 0.4) is 0 Å². The van der Waals surface area contributed by atoms with Gasteiger partial charge in [-0.2, -0.15) is 0 Å². The Balaban J connectivity index is 2.58. The maximum atomic E-state index is 11.6. The van der Waals surface area contributed by atoms with E-state index in [1.165, 1.54) is 7.11 Å². The SMILES string of the molecule is C=C(C)[C@H](CCC1(C)OCCO1)C(C)C(=O)OC. The molecule has 1 rings (SSSR count). The summed E-state index contributed by atoms with van der Waals surface area (Å²) in [4.78, 5) is 11.6. The van der Waals surface area contributed by atoms with Gasteiger partial charge >= 0.3 is 5.97 Å². The smallest absolute Gasteiger partial charge is 0.308 e. The number of hydrogen-bond donors (Lipinski definition) is 0. The van der Waals surface area contributed by atoms with Crippen LogP contribution < -0.4 is 0 Å². The van der Waals surface area contributed by atoms with Gasteiger partial charge in [0, 0.05) is 6.42 Å². The molecule has 1 heterocycles. The summed E-state index contributed by atoms with van der Waals surface area (Å²) in [6.07, 6.45) is 1.56. The number of esters is 1. The van der Waals surface area contributed by atoms with Crippen molar-refractivity contribution >= 4 is 5.97 Å². The van der Waals surface area contributed by atoms with Crippen molar-refractivity contribution in [3.05, 3.63) is 12.2 Å². The highest BCUT2D eigenvalue weighted by Gasteiger charge is 2.33. The van der Waals surface area contributed by atoms with Crippen LogP contribution in [0, 0.1) is 11.8 Å². The second kappa shape index (κ2) is 6.34. The Hall–Kier alpha value is -0.870. The third-order valence-electron chi connectivity index (χ3n) is 3.62. The molecule has 0 aromatic carbocycles. The quantitative estimate of drug-likeness (QED) is 0.541. The zero-order chi connectivity index (χ0) is 13.8. The zero-order valence-corrected chi connectivity index (χ0v) is 11.8. The van der Waals surface area contributed by atoms with Crippen molar-refractivity contribution < 1.29 is 19.0 Å². The number of rotatable bonds is 6. The molecule has 18 heavy (non-hydrogen) atoms. The minimum absolute atomic E-state index is 0.0991. The molecule has 0 bridgehead atoms. The van der Waals surface area contributed by atoms with Gasteiger partial charge in [-0.3, -0.25) is 4.79 Å². The Morgan fingerprint density at radius 2 is 2.00 bits per heavy atom. The summed E-state index contributed by atoms with van der Waals surface area (Å²) in [6, 6.07) is 0. The number of carbonyl (C=O) groups excluding carboxylic acids is 1. The van der Waals surface area contributed by atoms with Gasteiger partial charge in [-0.25, -0.2) is 0 Å². The minimum Gasteiger partial charge on any atom is -0.469 e. The normalized spacial score (nSPS) is 21.3. The first-order valence-corrected chi connectivity index (χ1v) is 6.41. The predicted octanol–water partition coefficient (Wildman–Crippen LogP) is 2.53. The molecule has 1 aliphatic rings. The number of methoxy groups -OCH3 is 1. The fourth-order valence-electron chi connectivity index (χ4n) is 2.39. The van der Waals surface area contributed by atoms with Gasteiger partial charge in [-0.05, 0) is 26.2 Å². The standard InChI is InChI=1S/C14H24O4/c1-10(2)12(11(3)13(15)16-5)6-7-14(4)17-8-9-18-14/h11-12H,1,6-9H2,2-5H3/t11?,12-/m0/s1. The van der Waals surface area contributed by atoms with Crippen LogP contribution in [0.25, 0.3) is 0 Å². The predicted molar refractivity (Wildman–Crippen MR) is 69.0 cm³/mol. The van der Waals surface area contributed by atoms with Crippen LogP contribution >= 0.6 is 0 Å². The van der Waals surface area contributed by atoms with E-state index in [0.717, 1.165) is 18.4 Å². The molecule has 0 N–H and O–H groups in total. The molecule has 4 heteroatoms. The van der Waals surface area contributed by atoms with E-state index in [4.69, 9.17) is 14.2 Å². The van der Waals surface area contributed by atoms with E-state index in [-0.39, 0.29) is 17.8 Å². The maximum Gasteiger partial charge on any atom is 0.308 e. The summed E-state index contributed by atoms with van der Waals surface area (Å²) in [5, 5.41) is 0. The monoisotopic (exact) mass is 256 g/mol. The van der Waals surface area contributed by atoms with Gasteiger partial charge in [0.15, 0.2) is 5.79 Å². The van der Waals surface area contributed by atoms with Crippen molar-refractivity contribution in [1.29, 1.82) is 0 Å². The first-order chi connectivity index (χ1) is 8.39. The first-order valence-electron chi connectivity index (χ1n) is 6.41. The van der Waals surface area contributed by atoms with E-state index in [0.29, 0.717) is 13.2 Å². The largest absolute Gasteiger partial charge is 0.469 e. The molecule has 2 atom stereocenters. The molecule has 0 aromatic heterocycles. The average molecular weight is 256 g/mol. The molecule has 0 aliphatic carbocycles. The van der Waals surface area contributed by atoms with Gasteiger partial charge in [0.25, 0.3) is 0 Å². The Kier molecular flexibility index (Phi) is 5.35. The van der Waals surface area contributed by atoms with Crippen molar-refractivity contribution in [3.63, 3.8) is 0 Å². The van der Waals surface area contributed by atoms with Crippen molar-refractivity contribution in [2.45, 2.75) is 39.4 Å². The first kappa shape index (κ1) is 15.2. The molecule has 1 saturated heterocycles. The lowest BCUT2D eigenvalue weighted by Crippen LogP contribution is -2.29. The van der Waals surface area contributed by atoms with Gasteiger partial charge in [0.2, 0.25) is 0 Å². The molecule has 104 valence electrons. The van der Waals surface area contributed by atoms with E-state index in [1.54, 1.807) is 0 Å². The molecule has 0 radical (unpaired) electrons. The van der Waals surface area contributed by atoms with Gasteiger partial charge in [-0.1, -0.05) is 19.1 Å². The van der Waals surface area contributed by atoms with E-state index >= 15 is 0 Å². The number of carbonyl (C=O) groups is 1. The van der Waals surface area contributed by atoms with Crippen LogP contribution in [0.15, 0.2) is 12.2 Å². The molecule has 0 spiro atoms. The molecule has 1 aliphatic heterocycles. The Morgan fingerprint density at radius 1 is 1.44 bits per heavy atom. The van der Waals surface area contributed by atoms with Crippen LogP contribution in [-0.2, 0) is 19.0 Å². The van der Waals surface area contributed by atoms with E-state index in [2.05, 4.69) is 6.58 Å². The highest BCUT2D eigenvalue weighted by Crippen LogP contribution is 2.31. The Labute approximate surface area is 109 Å². The average Bonchev–Trinajstić information content (AvgIpc) is 2.74. The third-order valence-corrected chi connectivity index (χ3v) is 3.62. The molecule has 4 nitrogen and oxygen atoms in total. The highest BCUT2D eigenvalue weighted by atomic mass is 16.7. The van der Waals surface area contributed by atoms with Crippen molar-refractivity contribution in [2.24, 2.45) is 11.8 Å². The Bertz CT molecular complexity index is 305. The van der Waals surface area contributed by atoms with Gasteiger partial charge in [0.05, 0.1) is 26.2 Å². The van der Waals surface area contributed by atoms with E-state index in [9.17, 15) is 4.79 Å². The molecular formula is C14H24O4. The summed E-state index contributed by atoms with van der Waals surface area (Å²) in [7, 11) is 1.42. The van der Waals surface area contributed by atoms with Crippen LogP contribution in [0.5, 0.6) is 0 Å². The number of allylic oxidation sites excluding steroid dienone is 1. The number of ether oxygens (including phenoxy) is 3. The summed E-state index contributed by atoms with van der Waals surface area (Å²) >= 11 is 0. The van der Waals surface area contributed by atoms with Crippen molar-refractivity contribution in [2.75, 3.05) is 20.3 Å². The fourth-order valence-corrected chi connectivity index (χ4v) is 2.39. The second-order valence-electron chi connectivity index (χ2n) is 5.13.